The predicted molar refractivity (Wildman–Crippen MR) is 70.3 cm³/mol. The number of thiophene rings is 1. The smallest absolute Gasteiger partial charge is 0.183 e. The Hall–Kier alpha value is -1.93. The third-order valence-electron chi connectivity index (χ3n) is 2.95. The molecule has 90 valence electrons. The number of rotatable bonds is 4. The molecule has 0 atom stereocenters. The molecule has 18 heavy (non-hydrogen) atoms. The molecule has 0 saturated heterocycles. The molecule has 2 aromatic rings. The van der Waals surface area contributed by atoms with Gasteiger partial charge in [-0.1, -0.05) is 6.07 Å². The summed E-state index contributed by atoms with van der Waals surface area (Å²) in [4.78, 5) is 11.9. The normalized spacial score (nSPS) is 14.2. The standard InChI is InChI=1S/C13H12N4S/c14-8-12-13(16-6-5-15-12)17(10-3-4-10)9-11-2-1-7-18-11/h1-2,5-7,10H,3-4,9H2. The van der Waals surface area contributed by atoms with Gasteiger partial charge in [-0.25, -0.2) is 9.97 Å². The van der Waals surface area contributed by atoms with Crippen molar-refractivity contribution in [3.05, 3.63) is 40.5 Å². The van der Waals surface area contributed by atoms with Crippen LogP contribution in [0.5, 0.6) is 0 Å². The van der Waals surface area contributed by atoms with E-state index in [0.717, 1.165) is 12.4 Å². The summed E-state index contributed by atoms with van der Waals surface area (Å²) in [5, 5.41) is 11.2. The van der Waals surface area contributed by atoms with Gasteiger partial charge in [0.2, 0.25) is 0 Å². The van der Waals surface area contributed by atoms with Crippen molar-refractivity contribution >= 4 is 17.2 Å². The Kier molecular flexibility index (Phi) is 2.95. The molecule has 1 saturated carbocycles. The van der Waals surface area contributed by atoms with E-state index in [1.54, 1.807) is 23.7 Å². The van der Waals surface area contributed by atoms with E-state index in [2.05, 4.69) is 32.4 Å². The number of nitriles is 1. The number of hydrogen-bond donors (Lipinski definition) is 0. The molecule has 2 aromatic heterocycles. The van der Waals surface area contributed by atoms with Crippen molar-refractivity contribution in [3.8, 4) is 6.07 Å². The van der Waals surface area contributed by atoms with Crippen LogP contribution in [0.15, 0.2) is 29.9 Å². The molecule has 1 fully saturated rings. The Bertz CT molecular complexity index is 569. The Labute approximate surface area is 110 Å². The maximum Gasteiger partial charge on any atom is 0.183 e. The van der Waals surface area contributed by atoms with E-state index < -0.39 is 0 Å². The lowest BCUT2D eigenvalue weighted by Gasteiger charge is -2.23. The Morgan fingerprint density at radius 1 is 1.39 bits per heavy atom. The number of aromatic nitrogens is 2. The summed E-state index contributed by atoms with van der Waals surface area (Å²) >= 11 is 1.73. The van der Waals surface area contributed by atoms with Crippen LogP contribution in [0.3, 0.4) is 0 Å². The third-order valence-corrected chi connectivity index (χ3v) is 3.81. The van der Waals surface area contributed by atoms with Gasteiger partial charge < -0.3 is 4.90 Å². The average Bonchev–Trinajstić information content (AvgIpc) is 3.13. The maximum atomic E-state index is 9.12. The highest BCUT2D eigenvalue weighted by atomic mass is 32.1. The second-order valence-electron chi connectivity index (χ2n) is 4.28. The first-order valence-corrected chi connectivity index (χ1v) is 6.76. The Morgan fingerprint density at radius 3 is 2.89 bits per heavy atom. The summed E-state index contributed by atoms with van der Waals surface area (Å²) in [6.45, 7) is 0.815. The summed E-state index contributed by atoms with van der Waals surface area (Å²) in [5.41, 5.74) is 0.418. The molecule has 0 aliphatic heterocycles. The van der Waals surface area contributed by atoms with Crippen LogP contribution in [0.25, 0.3) is 0 Å². The molecule has 0 radical (unpaired) electrons. The molecule has 0 N–H and O–H groups in total. The topological polar surface area (TPSA) is 52.8 Å². The molecule has 0 unspecified atom stereocenters. The highest BCUT2D eigenvalue weighted by Crippen LogP contribution is 2.33. The van der Waals surface area contributed by atoms with E-state index in [0.29, 0.717) is 11.7 Å². The fourth-order valence-electron chi connectivity index (χ4n) is 1.95. The van der Waals surface area contributed by atoms with Crippen molar-refractivity contribution in [2.75, 3.05) is 4.90 Å². The van der Waals surface area contributed by atoms with Gasteiger partial charge in [0, 0.05) is 23.3 Å². The SMILES string of the molecule is N#Cc1nccnc1N(Cc1cccs1)C1CC1. The van der Waals surface area contributed by atoms with Gasteiger partial charge in [0.05, 0.1) is 6.54 Å². The highest BCUT2D eigenvalue weighted by Gasteiger charge is 2.31. The third kappa shape index (κ3) is 2.20. The minimum absolute atomic E-state index is 0.418. The van der Waals surface area contributed by atoms with Crippen molar-refractivity contribution < 1.29 is 0 Å². The van der Waals surface area contributed by atoms with Gasteiger partial charge in [-0.15, -0.1) is 11.3 Å². The summed E-state index contributed by atoms with van der Waals surface area (Å²) in [6, 6.07) is 6.80. The zero-order valence-electron chi connectivity index (χ0n) is 9.78. The molecule has 0 spiro atoms. The van der Waals surface area contributed by atoms with E-state index in [1.165, 1.54) is 17.7 Å². The molecule has 1 aliphatic rings. The maximum absolute atomic E-state index is 9.12. The molecule has 0 bridgehead atoms. The van der Waals surface area contributed by atoms with E-state index >= 15 is 0 Å². The van der Waals surface area contributed by atoms with E-state index in [4.69, 9.17) is 5.26 Å². The Balaban J connectivity index is 1.92. The van der Waals surface area contributed by atoms with Gasteiger partial charge >= 0.3 is 0 Å². The van der Waals surface area contributed by atoms with Crippen molar-refractivity contribution in [1.29, 1.82) is 5.26 Å². The fraction of sp³-hybridized carbons (Fsp3) is 0.308. The average molecular weight is 256 g/mol. The number of hydrogen-bond acceptors (Lipinski definition) is 5. The van der Waals surface area contributed by atoms with Crippen molar-refractivity contribution in [2.24, 2.45) is 0 Å². The van der Waals surface area contributed by atoms with Gasteiger partial charge in [0.25, 0.3) is 0 Å². The number of nitrogens with zero attached hydrogens (tertiary/aromatic N) is 4. The van der Waals surface area contributed by atoms with Crippen molar-refractivity contribution in [2.45, 2.75) is 25.4 Å². The first kappa shape index (κ1) is 11.2. The molecule has 1 aliphatic carbocycles. The number of anilines is 1. The lowest BCUT2D eigenvalue weighted by molar-refractivity contribution is 0.779. The Morgan fingerprint density at radius 2 is 2.22 bits per heavy atom. The van der Waals surface area contributed by atoms with Gasteiger partial charge in [-0.2, -0.15) is 5.26 Å². The molecule has 4 nitrogen and oxygen atoms in total. The lowest BCUT2D eigenvalue weighted by Crippen LogP contribution is -2.26. The molecule has 3 rings (SSSR count). The van der Waals surface area contributed by atoms with Gasteiger partial charge in [0.15, 0.2) is 11.5 Å². The molecule has 0 amide bonds. The molecule has 5 heteroatoms. The summed E-state index contributed by atoms with van der Waals surface area (Å²) in [7, 11) is 0. The van der Waals surface area contributed by atoms with Crippen LogP contribution < -0.4 is 4.90 Å². The van der Waals surface area contributed by atoms with Crippen LogP contribution in [0.4, 0.5) is 5.82 Å². The molecular formula is C13H12N4S. The van der Waals surface area contributed by atoms with Crippen molar-refractivity contribution in [3.63, 3.8) is 0 Å². The van der Waals surface area contributed by atoms with E-state index in [9.17, 15) is 0 Å². The second kappa shape index (κ2) is 4.75. The summed E-state index contributed by atoms with van der Waals surface area (Å²) in [6.07, 6.45) is 5.57. The van der Waals surface area contributed by atoms with Crippen LogP contribution in [0, 0.1) is 11.3 Å². The predicted octanol–water partition coefficient (Wildman–Crippen LogP) is 2.58. The highest BCUT2D eigenvalue weighted by molar-refractivity contribution is 7.09. The minimum atomic E-state index is 0.418. The zero-order chi connectivity index (χ0) is 12.4. The van der Waals surface area contributed by atoms with Gasteiger partial charge in [-0.3, -0.25) is 0 Å². The van der Waals surface area contributed by atoms with Crippen LogP contribution in [0.2, 0.25) is 0 Å². The van der Waals surface area contributed by atoms with Crippen LogP contribution in [-0.4, -0.2) is 16.0 Å². The lowest BCUT2D eigenvalue weighted by atomic mass is 10.3. The van der Waals surface area contributed by atoms with Crippen molar-refractivity contribution in [1.82, 2.24) is 9.97 Å². The van der Waals surface area contributed by atoms with E-state index in [-0.39, 0.29) is 0 Å². The summed E-state index contributed by atoms with van der Waals surface area (Å²) in [5.74, 6) is 0.718. The van der Waals surface area contributed by atoms with Crippen LogP contribution in [0.1, 0.15) is 23.4 Å². The van der Waals surface area contributed by atoms with E-state index in [1.807, 2.05) is 6.07 Å². The molecule has 0 aromatic carbocycles. The first-order chi connectivity index (χ1) is 8.88. The van der Waals surface area contributed by atoms with Gasteiger partial charge in [0.1, 0.15) is 6.07 Å². The first-order valence-electron chi connectivity index (χ1n) is 5.88. The van der Waals surface area contributed by atoms with Gasteiger partial charge in [-0.05, 0) is 24.3 Å². The van der Waals surface area contributed by atoms with Crippen LogP contribution >= 0.6 is 11.3 Å². The zero-order valence-corrected chi connectivity index (χ0v) is 10.6. The molecular weight excluding hydrogens is 244 g/mol. The summed E-state index contributed by atoms with van der Waals surface area (Å²) < 4.78 is 0. The monoisotopic (exact) mass is 256 g/mol. The quantitative estimate of drug-likeness (QED) is 0.843. The van der Waals surface area contributed by atoms with Crippen LogP contribution in [-0.2, 0) is 6.54 Å². The molecule has 2 heterocycles. The fourth-order valence-corrected chi connectivity index (χ4v) is 2.66. The second-order valence-corrected chi connectivity index (χ2v) is 5.31. The minimum Gasteiger partial charge on any atom is -0.346 e. The largest absolute Gasteiger partial charge is 0.346 e.